The number of carboxylic acid groups (broad SMARTS) is 1. The minimum atomic E-state index is -1.20. The quantitative estimate of drug-likeness (QED) is 0.350. The summed E-state index contributed by atoms with van der Waals surface area (Å²) in [5.74, 6) is -2.96. The number of nitrogens with two attached hydrogens (primary N) is 1. The van der Waals surface area contributed by atoms with Crippen molar-refractivity contribution in [2.45, 2.75) is 12.5 Å². The highest BCUT2D eigenvalue weighted by molar-refractivity contribution is 5.91. The van der Waals surface area contributed by atoms with Crippen LogP contribution in [0.25, 0.3) is 5.57 Å². The first-order chi connectivity index (χ1) is 12.9. The molecular weight excluding hydrogens is 354 g/mol. The van der Waals surface area contributed by atoms with Crippen LogP contribution in [0.2, 0.25) is 0 Å². The van der Waals surface area contributed by atoms with Gasteiger partial charge in [0.25, 0.3) is 0 Å². The molecule has 1 atom stereocenters. The number of benzene rings is 1. The number of hydrogen-bond donors (Lipinski definition) is 5. The number of carbonyl (C=O) groups excluding carboxylic acids is 3. The molecule has 0 spiro atoms. The number of nitrogens with zero attached hydrogens (tertiary/aromatic N) is 1. The van der Waals surface area contributed by atoms with Gasteiger partial charge in [-0.15, -0.1) is 0 Å². The van der Waals surface area contributed by atoms with Crippen LogP contribution in [-0.2, 0) is 19.2 Å². The molecule has 0 unspecified atom stereocenters. The molecular formula is C17H20N5O5. The Morgan fingerprint density at radius 2 is 1.70 bits per heavy atom. The van der Waals surface area contributed by atoms with Gasteiger partial charge < -0.3 is 26.8 Å². The van der Waals surface area contributed by atoms with Crippen LogP contribution in [0.15, 0.2) is 30.5 Å². The predicted octanol–water partition coefficient (Wildman–Crippen LogP) is -1.57. The summed E-state index contributed by atoms with van der Waals surface area (Å²) in [4.78, 5) is 45.9. The van der Waals surface area contributed by atoms with Crippen LogP contribution in [0.4, 0.5) is 5.69 Å². The fraction of sp³-hybridized carbons (Fsp3) is 0.294. The molecule has 0 saturated heterocycles. The van der Waals surface area contributed by atoms with Crippen LogP contribution in [0.1, 0.15) is 12.0 Å². The molecule has 3 amide bonds. The normalized spacial score (nSPS) is 12.9. The van der Waals surface area contributed by atoms with Crippen molar-refractivity contribution in [3.63, 3.8) is 0 Å². The van der Waals surface area contributed by atoms with Gasteiger partial charge >= 0.3 is 5.97 Å². The minimum absolute atomic E-state index is 0.0576. The summed E-state index contributed by atoms with van der Waals surface area (Å²) in [5.41, 5.74) is 7.35. The van der Waals surface area contributed by atoms with E-state index < -0.39 is 36.3 Å². The Bertz CT molecular complexity index is 777. The molecule has 0 saturated carbocycles. The standard InChI is InChI=1S/C17H20N5O5/c18-6-14(23)20-8-15(24)21-9-16(25)22-13(17(26)27)5-10-7-19-12-4-2-1-3-11(10)12/h1-4,7,13H,5-6,8-9,18H2,(H,20,23)(H,21,24)(H,22,25)(H,26,27)/t13-/m0/s1. The maximum atomic E-state index is 11.9. The molecule has 1 radical (unpaired) electrons. The van der Waals surface area contributed by atoms with E-state index in [2.05, 4.69) is 21.3 Å². The third kappa shape index (κ3) is 5.82. The smallest absolute Gasteiger partial charge is 0.326 e. The average Bonchev–Trinajstić information content (AvgIpc) is 3.06. The molecule has 27 heavy (non-hydrogen) atoms. The lowest BCUT2D eigenvalue weighted by atomic mass is 10.00. The maximum Gasteiger partial charge on any atom is 0.326 e. The summed E-state index contributed by atoms with van der Waals surface area (Å²) in [7, 11) is 0. The monoisotopic (exact) mass is 374 g/mol. The van der Waals surface area contributed by atoms with Crippen LogP contribution >= 0.6 is 0 Å². The van der Waals surface area contributed by atoms with Crippen molar-refractivity contribution in [1.29, 1.82) is 0 Å². The maximum absolute atomic E-state index is 11.9. The van der Waals surface area contributed by atoms with Gasteiger partial charge in [-0.2, -0.15) is 0 Å². The van der Waals surface area contributed by atoms with E-state index in [1.54, 1.807) is 6.20 Å². The van der Waals surface area contributed by atoms with Gasteiger partial charge in [0.1, 0.15) is 6.04 Å². The highest BCUT2D eigenvalue weighted by atomic mass is 16.4. The Labute approximate surface area is 155 Å². The highest BCUT2D eigenvalue weighted by Crippen LogP contribution is 2.32. The van der Waals surface area contributed by atoms with Crippen molar-refractivity contribution in [1.82, 2.24) is 21.3 Å². The molecule has 1 aliphatic heterocycles. The van der Waals surface area contributed by atoms with E-state index >= 15 is 0 Å². The van der Waals surface area contributed by atoms with Gasteiger partial charge in [0.2, 0.25) is 17.7 Å². The van der Waals surface area contributed by atoms with Gasteiger partial charge in [-0.3, -0.25) is 19.7 Å². The fourth-order valence-electron chi connectivity index (χ4n) is 2.40. The molecule has 10 nitrogen and oxygen atoms in total. The molecule has 0 aliphatic carbocycles. The number of fused-ring (bicyclic) bond motifs is 1. The molecule has 6 N–H and O–H groups in total. The minimum Gasteiger partial charge on any atom is -0.480 e. The summed E-state index contributed by atoms with van der Waals surface area (Å²) < 4.78 is 0. The van der Waals surface area contributed by atoms with Crippen molar-refractivity contribution in [3.8, 4) is 0 Å². The number of amides is 3. The van der Waals surface area contributed by atoms with Gasteiger partial charge in [-0.1, -0.05) is 18.2 Å². The summed E-state index contributed by atoms with van der Waals surface area (Å²) in [5, 5.41) is 20.5. The molecule has 1 aliphatic rings. The summed E-state index contributed by atoms with van der Waals surface area (Å²) in [6.45, 7) is -0.989. The van der Waals surface area contributed by atoms with Crippen LogP contribution < -0.4 is 27.0 Å². The third-order valence-electron chi connectivity index (χ3n) is 3.74. The highest BCUT2D eigenvalue weighted by Gasteiger charge is 2.25. The van der Waals surface area contributed by atoms with E-state index in [0.717, 1.165) is 11.3 Å². The molecule has 10 heteroatoms. The zero-order valence-electron chi connectivity index (χ0n) is 14.4. The lowest BCUT2D eigenvalue weighted by Gasteiger charge is -2.16. The SMILES string of the molecule is NCC(=O)NCC(=O)NCC(=O)N[C@@H](CC1=C[N]c2ccccc21)C(=O)O. The van der Waals surface area contributed by atoms with Crippen LogP contribution in [0.5, 0.6) is 0 Å². The van der Waals surface area contributed by atoms with Gasteiger partial charge in [0.15, 0.2) is 0 Å². The van der Waals surface area contributed by atoms with Crippen molar-refractivity contribution in [3.05, 3.63) is 36.0 Å². The predicted molar refractivity (Wildman–Crippen MR) is 95.5 cm³/mol. The summed E-state index contributed by atoms with van der Waals surface area (Å²) in [6.07, 6.45) is 1.64. The Kier molecular flexibility index (Phi) is 6.89. The Morgan fingerprint density at radius 3 is 2.41 bits per heavy atom. The molecule has 1 heterocycles. The van der Waals surface area contributed by atoms with Crippen molar-refractivity contribution >= 4 is 35.0 Å². The Balaban J connectivity index is 1.84. The number of hydrogen-bond acceptors (Lipinski definition) is 5. The zero-order chi connectivity index (χ0) is 19.8. The van der Waals surface area contributed by atoms with E-state index in [9.17, 15) is 24.3 Å². The van der Waals surface area contributed by atoms with Gasteiger partial charge in [0, 0.05) is 18.2 Å². The van der Waals surface area contributed by atoms with E-state index in [1.807, 2.05) is 24.3 Å². The van der Waals surface area contributed by atoms with Crippen LogP contribution in [-0.4, -0.2) is 54.5 Å². The Morgan fingerprint density at radius 1 is 1.04 bits per heavy atom. The van der Waals surface area contributed by atoms with E-state index in [0.29, 0.717) is 5.57 Å². The molecule has 0 bridgehead atoms. The average molecular weight is 374 g/mol. The number of carbonyl (C=O) groups is 4. The molecule has 1 aromatic rings. The second-order valence-corrected chi connectivity index (χ2v) is 5.72. The third-order valence-corrected chi connectivity index (χ3v) is 3.74. The number of para-hydroxylation sites is 1. The largest absolute Gasteiger partial charge is 0.480 e. The number of carboxylic acids is 1. The van der Waals surface area contributed by atoms with E-state index in [1.165, 1.54) is 0 Å². The van der Waals surface area contributed by atoms with Gasteiger partial charge in [-0.25, -0.2) is 4.79 Å². The molecule has 0 fully saturated rings. The molecule has 143 valence electrons. The van der Waals surface area contributed by atoms with Gasteiger partial charge in [-0.05, 0) is 11.6 Å². The zero-order valence-corrected chi connectivity index (χ0v) is 14.4. The molecule has 0 aromatic heterocycles. The second kappa shape index (κ2) is 9.34. The summed E-state index contributed by atoms with van der Waals surface area (Å²) >= 11 is 0. The lowest BCUT2D eigenvalue weighted by Crippen LogP contribution is -2.47. The van der Waals surface area contributed by atoms with Gasteiger partial charge in [0.05, 0.1) is 25.3 Å². The van der Waals surface area contributed by atoms with E-state index in [-0.39, 0.29) is 19.5 Å². The second-order valence-electron chi connectivity index (χ2n) is 5.72. The number of rotatable bonds is 9. The topological polar surface area (TPSA) is 165 Å². The van der Waals surface area contributed by atoms with Crippen molar-refractivity contribution < 1.29 is 24.3 Å². The molecule has 2 rings (SSSR count). The number of nitrogens with one attached hydrogen (secondary N) is 3. The first-order valence-corrected chi connectivity index (χ1v) is 8.15. The molecule has 1 aromatic carbocycles. The first-order valence-electron chi connectivity index (χ1n) is 8.15. The summed E-state index contributed by atoms with van der Waals surface area (Å²) in [6, 6.07) is 6.12. The van der Waals surface area contributed by atoms with Crippen molar-refractivity contribution in [2.24, 2.45) is 5.73 Å². The Hall–Kier alpha value is -3.40. The number of aliphatic carboxylic acids is 1. The first kappa shape index (κ1) is 19.9. The fourth-order valence-corrected chi connectivity index (χ4v) is 2.40. The van der Waals surface area contributed by atoms with Crippen LogP contribution in [0, 0.1) is 0 Å². The van der Waals surface area contributed by atoms with E-state index in [4.69, 9.17) is 5.73 Å². The lowest BCUT2D eigenvalue weighted by molar-refractivity contribution is -0.141. The van der Waals surface area contributed by atoms with Crippen molar-refractivity contribution in [2.75, 3.05) is 19.6 Å². The van der Waals surface area contributed by atoms with Crippen LogP contribution in [0.3, 0.4) is 0 Å².